The minimum Gasteiger partial charge on any atom is -0.344 e. The van der Waals surface area contributed by atoms with Gasteiger partial charge in [-0.3, -0.25) is 4.90 Å². The van der Waals surface area contributed by atoms with Gasteiger partial charge < -0.3 is 18.9 Å². The van der Waals surface area contributed by atoms with Gasteiger partial charge in [-0.25, -0.2) is 9.97 Å². The molecule has 174 valence electrons. The van der Waals surface area contributed by atoms with Crippen LogP contribution in [0.15, 0.2) is 18.6 Å². The minimum atomic E-state index is -0.557. The molecule has 32 heavy (non-hydrogen) atoms. The number of hydrogen-bond donors (Lipinski definition) is 0. The first-order chi connectivity index (χ1) is 15.4. The summed E-state index contributed by atoms with van der Waals surface area (Å²) in [6, 6.07) is 2.21. The maximum absolute atomic E-state index is 6.52. The van der Waals surface area contributed by atoms with Crippen LogP contribution in [0.5, 0.6) is 0 Å². The molecule has 0 N–H and O–H groups in total. The average molecular weight is 460 g/mol. The molecule has 3 aliphatic heterocycles. The molecular weight excluding hydrogens is 426 g/mol. The molecular formula is C24H34ClN5O2. The highest BCUT2D eigenvalue weighted by Gasteiger charge is 2.56. The zero-order valence-electron chi connectivity index (χ0n) is 19.3. The van der Waals surface area contributed by atoms with Crippen LogP contribution < -0.4 is 0 Å². The molecule has 0 bridgehead atoms. The summed E-state index contributed by atoms with van der Waals surface area (Å²) in [4.78, 5) is 14.0. The Bertz CT molecular complexity index is 1000. The third kappa shape index (κ3) is 3.40. The molecule has 0 unspecified atom stereocenters. The van der Waals surface area contributed by atoms with Crippen molar-refractivity contribution in [1.82, 2.24) is 24.3 Å². The molecule has 7 nitrogen and oxygen atoms in total. The fourth-order valence-electron chi connectivity index (χ4n) is 6.88. The molecule has 0 amide bonds. The van der Waals surface area contributed by atoms with Crippen LogP contribution in [0.1, 0.15) is 52.0 Å². The lowest BCUT2D eigenvalue weighted by Gasteiger charge is -2.45. The number of rotatable bonds is 3. The molecule has 0 aromatic carbocycles. The Hall–Kier alpha value is -1.25. The number of halogens is 1. The zero-order chi connectivity index (χ0) is 22.1. The molecule has 4 atom stereocenters. The summed E-state index contributed by atoms with van der Waals surface area (Å²) in [5.41, 5.74) is 1.27. The maximum atomic E-state index is 6.52. The van der Waals surface area contributed by atoms with Crippen LogP contribution in [0.4, 0.5) is 0 Å². The zero-order valence-corrected chi connectivity index (χ0v) is 20.1. The normalized spacial score (nSPS) is 34.6. The van der Waals surface area contributed by atoms with Crippen molar-refractivity contribution in [2.45, 2.75) is 75.5 Å². The van der Waals surface area contributed by atoms with Gasteiger partial charge in [-0.15, -0.1) is 0 Å². The Morgan fingerprint density at radius 1 is 1.09 bits per heavy atom. The Kier molecular flexibility index (Phi) is 5.08. The first-order valence-electron chi connectivity index (χ1n) is 12.1. The Labute approximate surface area is 195 Å². The lowest BCUT2D eigenvalue weighted by molar-refractivity contribution is -0.161. The summed E-state index contributed by atoms with van der Waals surface area (Å²) in [6.07, 6.45) is 10.0. The van der Waals surface area contributed by atoms with Gasteiger partial charge in [0.2, 0.25) is 0 Å². The van der Waals surface area contributed by atoms with Gasteiger partial charge in [-0.2, -0.15) is 0 Å². The van der Waals surface area contributed by atoms with Crippen molar-refractivity contribution in [2.24, 2.45) is 5.92 Å². The van der Waals surface area contributed by atoms with Crippen LogP contribution in [0, 0.1) is 5.92 Å². The van der Waals surface area contributed by atoms with E-state index < -0.39 is 5.79 Å². The molecule has 4 aliphatic rings. The highest BCUT2D eigenvalue weighted by Crippen LogP contribution is 2.49. The van der Waals surface area contributed by atoms with E-state index in [-0.39, 0.29) is 18.2 Å². The van der Waals surface area contributed by atoms with Gasteiger partial charge >= 0.3 is 0 Å². The number of nitrogens with zero attached hydrogens (tertiary/aromatic N) is 5. The molecule has 8 heteroatoms. The van der Waals surface area contributed by atoms with Gasteiger partial charge in [0.25, 0.3) is 0 Å². The topological polar surface area (TPSA) is 55.7 Å². The second-order valence-corrected chi connectivity index (χ2v) is 11.2. The van der Waals surface area contributed by atoms with E-state index >= 15 is 0 Å². The van der Waals surface area contributed by atoms with Crippen LogP contribution in [0.25, 0.3) is 11.0 Å². The molecule has 2 aromatic rings. The summed E-state index contributed by atoms with van der Waals surface area (Å²) < 4.78 is 15.3. The van der Waals surface area contributed by atoms with Crippen molar-refractivity contribution >= 4 is 22.6 Å². The van der Waals surface area contributed by atoms with Crippen LogP contribution in [-0.2, 0) is 9.47 Å². The largest absolute Gasteiger partial charge is 0.344 e. The van der Waals surface area contributed by atoms with E-state index in [1.54, 1.807) is 6.33 Å². The average Bonchev–Trinajstić information content (AvgIpc) is 3.49. The first kappa shape index (κ1) is 21.3. The summed E-state index contributed by atoms with van der Waals surface area (Å²) in [5, 5.41) is 1.40. The molecule has 4 fully saturated rings. The molecule has 0 radical (unpaired) electrons. The minimum absolute atomic E-state index is 0.0235. The second-order valence-electron chi connectivity index (χ2n) is 10.8. The summed E-state index contributed by atoms with van der Waals surface area (Å²) >= 11 is 6.34. The second kappa shape index (κ2) is 7.64. The van der Waals surface area contributed by atoms with E-state index in [0.29, 0.717) is 16.6 Å². The van der Waals surface area contributed by atoms with Crippen LogP contribution >= 0.6 is 11.6 Å². The Morgan fingerprint density at radius 3 is 2.69 bits per heavy atom. The number of fused-ring (bicyclic) bond motifs is 2. The predicted molar refractivity (Wildman–Crippen MR) is 124 cm³/mol. The van der Waals surface area contributed by atoms with Crippen molar-refractivity contribution in [3.63, 3.8) is 0 Å². The van der Waals surface area contributed by atoms with Gasteiger partial charge in [-0.1, -0.05) is 11.6 Å². The summed E-state index contributed by atoms with van der Waals surface area (Å²) in [6.45, 7) is 8.80. The van der Waals surface area contributed by atoms with Crippen molar-refractivity contribution in [3.05, 3.63) is 23.7 Å². The maximum Gasteiger partial charge on any atom is 0.163 e. The third-order valence-electron chi connectivity index (χ3n) is 8.48. The first-order valence-corrected chi connectivity index (χ1v) is 12.5. The van der Waals surface area contributed by atoms with E-state index in [4.69, 9.17) is 21.1 Å². The third-order valence-corrected chi connectivity index (χ3v) is 8.78. The molecule has 1 spiro atoms. The van der Waals surface area contributed by atoms with Gasteiger partial charge in [0, 0.05) is 24.2 Å². The molecule has 2 aromatic heterocycles. The molecule has 1 saturated carbocycles. The van der Waals surface area contributed by atoms with E-state index in [0.717, 1.165) is 24.0 Å². The lowest BCUT2D eigenvalue weighted by Crippen LogP contribution is -2.53. The quantitative estimate of drug-likeness (QED) is 0.652. The number of aromatic nitrogens is 3. The fraction of sp³-hybridized carbons (Fsp3) is 0.750. The van der Waals surface area contributed by atoms with Crippen molar-refractivity contribution in [1.29, 1.82) is 0 Å². The number of hydrogen-bond acceptors (Lipinski definition) is 6. The van der Waals surface area contributed by atoms with Gasteiger partial charge in [0.05, 0.1) is 17.5 Å². The lowest BCUT2D eigenvalue weighted by atomic mass is 9.84. The highest BCUT2D eigenvalue weighted by atomic mass is 35.5. The van der Waals surface area contributed by atoms with Crippen molar-refractivity contribution in [2.75, 3.05) is 33.2 Å². The molecule has 6 rings (SSSR count). The fourth-order valence-corrected chi connectivity index (χ4v) is 7.07. The Balaban J connectivity index is 1.29. The van der Waals surface area contributed by atoms with Gasteiger partial charge in [-0.05, 0) is 78.7 Å². The monoisotopic (exact) mass is 459 g/mol. The van der Waals surface area contributed by atoms with Gasteiger partial charge in [0.15, 0.2) is 5.79 Å². The van der Waals surface area contributed by atoms with E-state index in [1.165, 1.54) is 45.3 Å². The SMILES string of the molecule is CN1CCC2(CCCN2C[C@H]2C[C@@H](n3ccc4c(Cl)ncnc43)[C@@H]3OC(C)(C)O[C@H]23)CC1. The predicted octanol–water partition coefficient (Wildman–Crippen LogP) is 3.73. The summed E-state index contributed by atoms with van der Waals surface area (Å²) in [5.74, 6) is -0.117. The van der Waals surface area contributed by atoms with E-state index in [9.17, 15) is 0 Å². The van der Waals surface area contributed by atoms with Crippen molar-refractivity contribution < 1.29 is 9.47 Å². The van der Waals surface area contributed by atoms with Crippen molar-refractivity contribution in [3.8, 4) is 0 Å². The number of piperidine rings is 1. The number of ether oxygens (including phenoxy) is 2. The number of likely N-dealkylation sites (tertiary alicyclic amines) is 2. The molecule has 3 saturated heterocycles. The van der Waals surface area contributed by atoms with Crippen LogP contribution in [-0.4, -0.2) is 81.1 Å². The highest BCUT2D eigenvalue weighted by molar-refractivity contribution is 6.33. The smallest absolute Gasteiger partial charge is 0.163 e. The standard InChI is InChI=1S/C24H34ClN5O2/c1-23(2)31-19-16(14-29-9-4-6-24(29)7-11-28(3)12-8-24)13-18(20(19)32-23)30-10-5-17-21(25)26-15-27-22(17)30/h5,10,15-16,18-20H,4,6-9,11-14H2,1-3H3/t16-,18-,19-,20+/m1/s1. The summed E-state index contributed by atoms with van der Waals surface area (Å²) in [7, 11) is 2.25. The van der Waals surface area contributed by atoms with Crippen LogP contribution in [0.3, 0.4) is 0 Å². The van der Waals surface area contributed by atoms with Gasteiger partial charge in [0.1, 0.15) is 23.2 Å². The van der Waals surface area contributed by atoms with E-state index in [1.807, 2.05) is 19.9 Å². The molecule has 5 heterocycles. The Morgan fingerprint density at radius 2 is 1.88 bits per heavy atom. The van der Waals surface area contributed by atoms with E-state index in [2.05, 4.69) is 37.6 Å². The van der Waals surface area contributed by atoms with Crippen LogP contribution in [0.2, 0.25) is 5.15 Å². The molecule has 1 aliphatic carbocycles.